The zero-order chi connectivity index (χ0) is 15.2. The van der Waals surface area contributed by atoms with E-state index in [0.29, 0.717) is 18.4 Å². The summed E-state index contributed by atoms with van der Waals surface area (Å²) in [5.74, 6) is -1.20. The van der Waals surface area contributed by atoms with E-state index in [0.717, 1.165) is 0 Å². The summed E-state index contributed by atoms with van der Waals surface area (Å²) in [6.45, 7) is -0.266. The molecule has 7 heteroatoms. The lowest BCUT2D eigenvalue weighted by Crippen LogP contribution is -2.51. The second-order valence-corrected chi connectivity index (χ2v) is 4.97. The molecule has 2 rings (SSSR count). The largest absolute Gasteiger partial charge is 0.481 e. The summed E-state index contributed by atoms with van der Waals surface area (Å²) in [5, 5.41) is 20.9. The fourth-order valence-electron chi connectivity index (χ4n) is 2.40. The van der Waals surface area contributed by atoms with E-state index < -0.39 is 18.2 Å². The Bertz CT molecular complexity index is 493. The van der Waals surface area contributed by atoms with Gasteiger partial charge in [-0.1, -0.05) is 0 Å². The molecule has 7 nitrogen and oxygen atoms in total. The van der Waals surface area contributed by atoms with E-state index in [4.69, 9.17) is 9.84 Å². The number of hydrogen-bond donors (Lipinski definition) is 3. The smallest absolute Gasteiger partial charge is 0.305 e. The second-order valence-electron chi connectivity index (χ2n) is 4.97. The summed E-state index contributed by atoms with van der Waals surface area (Å²) in [5.41, 5.74) is 0.481. The number of aromatic nitrogens is 1. The Kier molecular flexibility index (Phi) is 5.24. The number of rotatable bonds is 5. The number of carbonyl (C=O) groups is 2. The van der Waals surface area contributed by atoms with Crippen LogP contribution in [0.3, 0.4) is 0 Å². The number of aliphatic carboxylic acids is 1. The van der Waals surface area contributed by atoms with Gasteiger partial charge >= 0.3 is 5.97 Å². The molecule has 1 aliphatic heterocycles. The molecule has 1 aromatic rings. The van der Waals surface area contributed by atoms with Gasteiger partial charge < -0.3 is 20.3 Å². The van der Waals surface area contributed by atoms with Crippen molar-refractivity contribution >= 4 is 11.9 Å². The minimum absolute atomic E-state index is 0.0957. The Balaban J connectivity index is 1.94. The molecule has 0 unspecified atom stereocenters. The maximum absolute atomic E-state index is 12.1. The first kappa shape index (κ1) is 15.4. The molecule has 3 N–H and O–H groups in total. The Labute approximate surface area is 122 Å². The van der Waals surface area contributed by atoms with Gasteiger partial charge in [0, 0.05) is 18.0 Å². The number of ether oxygens (including phenoxy) is 1. The molecule has 1 fully saturated rings. The highest BCUT2D eigenvalue weighted by atomic mass is 16.5. The Hall–Kier alpha value is -1.99. The first-order chi connectivity index (χ1) is 10.1. The fourth-order valence-corrected chi connectivity index (χ4v) is 2.40. The fraction of sp³-hybridized carbons (Fsp3) is 0.500. The molecule has 21 heavy (non-hydrogen) atoms. The third kappa shape index (κ3) is 4.24. The van der Waals surface area contributed by atoms with Crippen LogP contribution in [0.5, 0.6) is 0 Å². The number of pyridine rings is 1. The molecule has 0 radical (unpaired) electrons. The van der Waals surface area contributed by atoms with Crippen LogP contribution in [0.15, 0.2) is 24.5 Å². The molecule has 0 spiro atoms. The standard InChI is InChI=1S/C14H18N2O5/c17-8-12-11(2-1-10(21-12)7-13(18)19)16-14(20)9-3-5-15-6-4-9/h3-6,10-12,17H,1-2,7-8H2,(H,16,20)(H,18,19)/t10-,11-,12-/m1/s1. The summed E-state index contributed by atoms with van der Waals surface area (Å²) in [7, 11) is 0. The van der Waals surface area contributed by atoms with E-state index in [1.165, 1.54) is 12.4 Å². The van der Waals surface area contributed by atoms with Gasteiger partial charge in [0.1, 0.15) is 6.10 Å². The second kappa shape index (κ2) is 7.14. The Morgan fingerprint density at radius 1 is 1.33 bits per heavy atom. The molecule has 1 aromatic heterocycles. The van der Waals surface area contributed by atoms with Crippen molar-refractivity contribution in [3.05, 3.63) is 30.1 Å². The van der Waals surface area contributed by atoms with E-state index in [1.54, 1.807) is 12.1 Å². The van der Waals surface area contributed by atoms with Gasteiger partial charge in [-0.15, -0.1) is 0 Å². The molecule has 1 amide bonds. The van der Waals surface area contributed by atoms with Crippen molar-refractivity contribution in [1.29, 1.82) is 0 Å². The summed E-state index contributed by atoms with van der Waals surface area (Å²) in [6, 6.07) is 2.86. The number of carbonyl (C=O) groups excluding carboxylic acids is 1. The molecule has 1 saturated heterocycles. The lowest BCUT2D eigenvalue weighted by atomic mass is 9.97. The van der Waals surface area contributed by atoms with E-state index in [2.05, 4.69) is 10.3 Å². The van der Waals surface area contributed by atoms with Crippen LogP contribution < -0.4 is 5.32 Å². The number of hydrogen-bond acceptors (Lipinski definition) is 5. The zero-order valence-electron chi connectivity index (χ0n) is 11.4. The minimum atomic E-state index is -0.934. The highest BCUT2D eigenvalue weighted by molar-refractivity contribution is 5.94. The number of nitrogens with one attached hydrogen (secondary N) is 1. The highest BCUT2D eigenvalue weighted by Gasteiger charge is 2.32. The predicted octanol–water partition coefficient (Wildman–Crippen LogP) is 0.195. The third-order valence-electron chi connectivity index (χ3n) is 3.46. The van der Waals surface area contributed by atoms with Crippen molar-refractivity contribution in [3.63, 3.8) is 0 Å². The summed E-state index contributed by atoms with van der Waals surface area (Å²) in [6.07, 6.45) is 3.05. The van der Waals surface area contributed by atoms with Gasteiger partial charge in [-0.2, -0.15) is 0 Å². The van der Waals surface area contributed by atoms with Gasteiger partial charge in [0.05, 0.1) is 25.2 Å². The Morgan fingerprint density at radius 2 is 2.05 bits per heavy atom. The summed E-state index contributed by atoms with van der Waals surface area (Å²) >= 11 is 0. The summed E-state index contributed by atoms with van der Waals surface area (Å²) < 4.78 is 5.54. The monoisotopic (exact) mass is 294 g/mol. The first-order valence-corrected chi connectivity index (χ1v) is 6.79. The highest BCUT2D eigenvalue weighted by Crippen LogP contribution is 2.22. The number of aliphatic hydroxyl groups is 1. The van der Waals surface area contributed by atoms with E-state index in [9.17, 15) is 14.7 Å². The number of carboxylic acid groups (broad SMARTS) is 1. The SMILES string of the molecule is O=C(O)C[C@H]1CC[C@@H](NC(=O)c2ccncc2)[C@@H](CO)O1. The zero-order valence-corrected chi connectivity index (χ0v) is 11.4. The van der Waals surface area contributed by atoms with Gasteiger partial charge in [-0.05, 0) is 25.0 Å². The number of carboxylic acids is 1. The van der Waals surface area contributed by atoms with Crippen LogP contribution in [0.25, 0.3) is 0 Å². The molecule has 114 valence electrons. The average molecular weight is 294 g/mol. The van der Waals surface area contributed by atoms with Crippen molar-refractivity contribution in [2.45, 2.75) is 37.5 Å². The minimum Gasteiger partial charge on any atom is -0.481 e. The Morgan fingerprint density at radius 3 is 2.67 bits per heavy atom. The quantitative estimate of drug-likeness (QED) is 0.715. The number of amides is 1. The maximum atomic E-state index is 12.1. The third-order valence-corrected chi connectivity index (χ3v) is 3.46. The van der Waals surface area contributed by atoms with Crippen LogP contribution in [0.1, 0.15) is 29.6 Å². The molecule has 2 heterocycles. The number of nitrogens with zero attached hydrogens (tertiary/aromatic N) is 1. The first-order valence-electron chi connectivity index (χ1n) is 6.79. The van der Waals surface area contributed by atoms with Crippen molar-refractivity contribution in [1.82, 2.24) is 10.3 Å². The van der Waals surface area contributed by atoms with E-state index in [-0.39, 0.29) is 25.0 Å². The van der Waals surface area contributed by atoms with Crippen molar-refractivity contribution in [3.8, 4) is 0 Å². The van der Waals surface area contributed by atoms with Crippen LogP contribution in [0.4, 0.5) is 0 Å². The van der Waals surface area contributed by atoms with Crippen LogP contribution in [-0.4, -0.2) is 51.9 Å². The molecular formula is C14H18N2O5. The predicted molar refractivity (Wildman–Crippen MR) is 72.7 cm³/mol. The van der Waals surface area contributed by atoms with Crippen LogP contribution in [-0.2, 0) is 9.53 Å². The van der Waals surface area contributed by atoms with Crippen molar-refractivity contribution in [2.24, 2.45) is 0 Å². The molecule has 0 aromatic carbocycles. The normalized spacial score (nSPS) is 25.3. The average Bonchev–Trinajstić information content (AvgIpc) is 2.49. The number of aliphatic hydroxyl groups excluding tert-OH is 1. The molecule has 0 saturated carbocycles. The lowest BCUT2D eigenvalue weighted by molar-refractivity contribution is -0.145. The van der Waals surface area contributed by atoms with Crippen molar-refractivity contribution < 1.29 is 24.5 Å². The van der Waals surface area contributed by atoms with E-state index >= 15 is 0 Å². The topological polar surface area (TPSA) is 109 Å². The molecular weight excluding hydrogens is 276 g/mol. The molecule has 0 aliphatic carbocycles. The van der Waals surface area contributed by atoms with Gasteiger partial charge in [0.25, 0.3) is 5.91 Å². The van der Waals surface area contributed by atoms with Crippen molar-refractivity contribution in [2.75, 3.05) is 6.61 Å². The molecule has 3 atom stereocenters. The lowest BCUT2D eigenvalue weighted by Gasteiger charge is -2.35. The van der Waals surface area contributed by atoms with E-state index in [1.807, 2.05) is 0 Å². The van der Waals surface area contributed by atoms with Crippen LogP contribution in [0, 0.1) is 0 Å². The maximum Gasteiger partial charge on any atom is 0.305 e. The van der Waals surface area contributed by atoms with Gasteiger partial charge in [-0.3, -0.25) is 14.6 Å². The van der Waals surface area contributed by atoms with Gasteiger partial charge in [0.2, 0.25) is 0 Å². The van der Waals surface area contributed by atoms with Gasteiger partial charge in [0.15, 0.2) is 0 Å². The molecule has 0 bridgehead atoms. The van der Waals surface area contributed by atoms with Crippen LogP contribution >= 0.6 is 0 Å². The van der Waals surface area contributed by atoms with Crippen LogP contribution in [0.2, 0.25) is 0 Å². The summed E-state index contributed by atoms with van der Waals surface area (Å²) in [4.78, 5) is 26.6. The van der Waals surface area contributed by atoms with Gasteiger partial charge in [-0.25, -0.2) is 0 Å². The molecule has 1 aliphatic rings.